The highest BCUT2D eigenvalue weighted by molar-refractivity contribution is 7.11. The molecule has 0 unspecified atom stereocenters. The van der Waals surface area contributed by atoms with Gasteiger partial charge in [0.2, 0.25) is 0 Å². The Labute approximate surface area is 152 Å². The van der Waals surface area contributed by atoms with Crippen LogP contribution in [0.15, 0.2) is 12.1 Å². The number of nitrogens with one attached hydrogen (secondary N) is 2. The normalized spacial score (nSPS) is 13.7. The second-order valence-electron chi connectivity index (χ2n) is 5.96. The van der Waals surface area contributed by atoms with Crippen LogP contribution in [0.1, 0.15) is 25.9 Å². The molecule has 2 aromatic rings. The van der Waals surface area contributed by atoms with E-state index in [0.29, 0.717) is 24.5 Å². The summed E-state index contributed by atoms with van der Waals surface area (Å²) < 4.78 is 37.3. The summed E-state index contributed by atoms with van der Waals surface area (Å²) >= 11 is 1.57. The number of hydrogen-bond donors (Lipinski definition) is 3. The van der Waals surface area contributed by atoms with Gasteiger partial charge in [-0.1, -0.05) is 0 Å². The lowest BCUT2D eigenvalue weighted by Gasteiger charge is -2.23. The van der Waals surface area contributed by atoms with Gasteiger partial charge in [-0.2, -0.15) is 13.2 Å². The molecule has 1 aliphatic heterocycles. The largest absolute Gasteiger partial charge is 0.405 e. The number of thiazole rings is 1. The summed E-state index contributed by atoms with van der Waals surface area (Å²) in [5, 5.41) is 5.81. The Morgan fingerprint density at radius 2 is 2.12 bits per heavy atom. The van der Waals surface area contributed by atoms with E-state index in [1.807, 2.05) is 17.1 Å². The molecule has 1 amide bonds. The number of rotatable bonds is 4. The minimum Gasteiger partial charge on any atom is -0.397 e. The minimum atomic E-state index is -4.48. The van der Waals surface area contributed by atoms with Crippen molar-refractivity contribution in [3.8, 4) is 0 Å². The standard InChI is InChI=1S/C16H18F3N5OS/c1-8-23-12-5-24(6-14(12)26-8)13-4-11(21-2)10(20)3-9(13)15(25)22-7-16(17,18)19/h3-4,21H,5-7,20H2,1-2H3,(H,22,25). The molecule has 0 aliphatic carbocycles. The monoisotopic (exact) mass is 385 g/mol. The Morgan fingerprint density at radius 3 is 2.73 bits per heavy atom. The molecule has 1 aromatic carbocycles. The molecule has 3 rings (SSSR count). The average molecular weight is 385 g/mol. The molecule has 0 saturated heterocycles. The average Bonchev–Trinajstić information content (AvgIpc) is 3.08. The summed E-state index contributed by atoms with van der Waals surface area (Å²) in [5.74, 6) is -0.814. The molecule has 1 aliphatic rings. The third-order valence-electron chi connectivity index (χ3n) is 4.03. The number of nitrogen functional groups attached to an aromatic ring is 1. The molecule has 0 saturated carbocycles. The van der Waals surface area contributed by atoms with Crippen molar-refractivity contribution in [2.45, 2.75) is 26.2 Å². The first kappa shape index (κ1) is 18.3. The number of fused-ring (bicyclic) bond motifs is 1. The molecule has 0 bridgehead atoms. The van der Waals surface area contributed by atoms with Crippen LogP contribution in [0.4, 0.5) is 30.2 Å². The lowest BCUT2D eigenvalue weighted by Crippen LogP contribution is -2.34. The molecule has 6 nitrogen and oxygen atoms in total. The number of carbonyl (C=O) groups excluding carboxylic acids is 1. The van der Waals surface area contributed by atoms with Crippen LogP contribution in [0.3, 0.4) is 0 Å². The number of alkyl halides is 3. The lowest BCUT2D eigenvalue weighted by molar-refractivity contribution is -0.123. The highest BCUT2D eigenvalue weighted by atomic mass is 32.1. The molecular formula is C16H18F3N5OS. The van der Waals surface area contributed by atoms with Gasteiger partial charge >= 0.3 is 6.18 Å². The van der Waals surface area contributed by atoms with Crippen molar-refractivity contribution >= 4 is 34.3 Å². The predicted octanol–water partition coefficient (Wildman–Crippen LogP) is 2.89. The molecule has 4 N–H and O–H groups in total. The molecule has 10 heteroatoms. The Kier molecular flexibility index (Phi) is 4.70. The maximum absolute atomic E-state index is 12.4. The van der Waals surface area contributed by atoms with E-state index in [1.165, 1.54) is 6.07 Å². The molecule has 0 spiro atoms. The SMILES string of the molecule is CNc1cc(N2Cc3nc(C)sc3C2)c(C(=O)NCC(F)(F)F)cc1N. The number of benzene rings is 1. The zero-order valence-electron chi connectivity index (χ0n) is 14.2. The molecule has 140 valence electrons. The quantitative estimate of drug-likeness (QED) is 0.705. The third-order valence-corrected chi connectivity index (χ3v) is 5.03. The van der Waals surface area contributed by atoms with Gasteiger partial charge in [0.25, 0.3) is 5.91 Å². The highest BCUT2D eigenvalue weighted by Crippen LogP contribution is 2.36. The lowest BCUT2D eigenvalue weighted by atomic mass is 10.1. The number of nitrogens with zero attached hydrogens (tertiary/aromatic N) is 2. The van der Waals surface area contributed by atoms with Crippen molar-refractivity contribution < 1.29 is 18.0 Å². The smallest absolute Gasteiger partial charge is 0.397 e. The molecule has 26 heavy (non-hydrogen) atoms. The fourth-order valence-electron chi connectivity index (χ4n) is 2.88. The van der Waals surface area contributed by atoms with Gasteiger partial charge in [-0.15, -0.1) is 11.3 Å². The number of aryl methyl sites for hydroxylation is 1. The van der Waals surface area contributed by atoms with E-state index in [9.17, 15) is 18.0 Å². The first-order valence-corrected chi connectivity index (χ1v) is 8.66. The van der Waals surface area contributed by atoms with Crippen LogP contribution in [-0.2, 0) is 13.1 Å². The van der Waals surface area contributed by atoms with Gasteiger partial charge in [-0.3, -0.25) is 4.79 Å². The number of anilines is 3. The first-order valence-electron chi connectivity index (χ1n) is 7.84. The van der Waals surface area contributed by atoms with Crippen molar-refractivity contribution in [3.63, 3.8) is 0 Å². The fraction of sp³-hybridized carbons (Fsp3) is 0.375. The van der Waals surface area contributed by atoms with Gasteiger partial charge in [-0.05, 0) is 19.1 Å². The van der Waals surface area contributed by atoms with E-state index in [2.05, 4.69) is 10.3 Å². The number of amides is 1. The summed E-state index contributed by atoms with van der Waals surface area (Å²) in [5.41, 5.74) is 8.36. The van der Waals surface area contributed by atoms with Gasteiger partial charge in [0.05, 0.1) is 46.4 Å². The van der Waals surface area contributed by atoms with Gasteiger partial charge in [0.15, 0.2) is 0 Å². The van der Waals surface area contributed by atoms with Crippen molar-refractivity contribution in [2.75, 3.05) is 29.5 Å². The maximum atomic E-state index is 12.4. The molecule has 0 fully saturated rings. The van der Waals surface area contributed by atoms with Crippen molar-refractivity contribution in [3.05, 3.63) is 33.3 Å². The number of aromatic nitrogens is 1. The predicted molar refractivity (Wildman–Crippen MR) is 95.5 cm³/mol. The number of halogens is 3. The molecule has 1 aromatic heterocycles. The number of carbonyl (C=O) groups is 1. The first-order chi connectivity index (χ1) is 12.2. The van der Waals surface area contributed by atoms with Crippen LogP contribution in [-0.4, -0.2) is 30.7 Å². The number of nitrogens with two attached hydrogens (primary N) is 1. The van der Waals surface area contributed by atoms with Gasteiger partial charge in [0, 0.05) is 11.9 Å². The second kappa shape index (κ2) is 6.67. The maximum Gasteiger partial charge on any atom is 0.405 e. The van der Waals surface area contributed by atoms with Crippen LogP contribution in [0.25, 0.3) is 0 Å². The second-order valence-corrected chi connectivity index (χ2v) is 7.25. The van der Waals surface area contributed by atoms with E-state index >= 15 is 0 Å². The van der Waals surface area contributed by atoms with E-state index in [4.69, 9.17) is 5.73 Å². The van der Waals surface area contributed by atoms with E-state index in [0.717, 1.165) is 15.6 Å². The van der Waals surface area contributed by atoms with Crippen LogP contribution < -0.4 is 21.3 Å². The van der Waals surface area contributed by atoms with Crippen LogP contribution in [0.2, 0.25) is 0 Å². The molecule has 0 atom stereocenters. The summed E-state index contributed by atoms with van der Waals surface area (Å²) in [6, 6.07) is 3.08. The van der Waals surface area contributed by atoms with E-state index < -0.39 is 18.6 Å². The van der Waals surface area contributed by atoms with E-state index in [1.54, 1.807) is 24.5 Å². The van der Waals surface area contributed by atoms with Crippen molar-refractivity contribution in [2.24, 2.45) is 0 Å². The summed E-state index contributed by atoms with van der Waals surface area (Å²) in [4.78, 5) is 19.8. The highest BCUT2D eigenvalue weighted by Gasteiger charge is 2.30. The molecule has 2 heterocycles. The van der Waals surface area contributed by atoms with Gasteiger partial charge in [0.1, 0.15) is 6.54 Å². The Bertz CT molecular complexity index is 826. The summed E-state index contributed by atoms with van der Waals surface area (Å²) in [6.07, 6.45) is -4.48. The topological polar surface area (TPSA) is 83.3 Å². The fourth-order valence-corrected chi connectivity index (χ4v) is 3.84. The third kappa shape index (κ3) is 3.69. The summed E-state index contributed by atoms with van der Waals surface area (Å²) in [6.45, 7) is 1.57. The Morgan fingerprint density at radius 1 is 1.38 bits per heavy atom. The van der Waals surface area contributed by atoms with Crippen molar-refractivity contribution in [1.82, 2.24) is 10.3 Å². The van der Waals surface area contributed by atoms with E-state index in [-0.39, 0.29) is 11.3 Å². The van der Waals surface area contributed by atoms with Crippen LogP contribution >= 0.6 is 11.3 Å². The van der Waals surface area contributed by atoms with Gasteiger partial charge < -0.3 is 21.3 Å². The van der Waals surface area contributed by atoms with Crippen LogP contribution in [0.5, 0.6) is 0 Å². The zero-order chi connectivity index (χ0) is 19.1. The summed E-state index contributed by atoms with van der Waals surface area (Å²) in [7, 11) is 1.69. The molecule has 0 radical (unpaired) electrons. The van der Waals surface area contributed by atoms with Crippen molar-refractivity contribution in [1.29, 1.82) is 0 Å². The number of hydrogen-bond acceptors (Lipinski definition) is 6. The van der Waals surface area contributed by atoms with Crippen LogP contribution in [0, 0.1) is 6.92 Å². The van der Waals surface area contributed by atoms with Gasteiger partial charge in [-0.25, -0.2) is 4.98 Å². The minimum absolute atomic E-state index is 0.109. The zero-order valence-corrected chi connectivity index (χ0v) is 15.0. The Hall–Kier alpha value is -2.49. The molecular weight excluding hydrogens is 367 g/mol. The Balaban J connectivity index is 1.92.